The molecule has 0 rings (SSSR count). The van der Waals surface area contributed by atoms with E-state index in [1.807, 2.05) is 0 Å². The van der Waals surface area contributed by atoms with Crippen LogP contribution in [0.4, 0.5) is 0 Å². The lowest BCUT2D eigenvalue weighted by Crippen LogP contribution is -2.42. The lowest BCUT2D eigenvalue weighted by atomic mass is 9.90. The molecule has 0 spiro atoms. The van der Waals surface area contributed by atoms with Crippen LogP contribution in [0.25, 0.3) is 0 Å². The second kappa shape index (κ2) is 5.19. The molecule has 0 radical (unpaired) electrons. The lowest BCUT2D eigenvalue weighted by molar-refractivity contribution is -0.138. The molecule has 13 heavy (non-hydrogen) atoms. The van der Waals surface area contributed by atoms with Crippen molar-refractivity contribution >= 4 is 5.97 Å². The summed E-state index contributed by atoms with van der Waals surface area (Å²) in [7, 11) is 0. The van der Waals surface area contributed by atoms with Gasteiger partial charge in [0.05, 0.1) is 0 Å². The highest BCUT2D eigenvalue weighted by Gasteiger charge is 2.16. The van der Waals surface area contributed by atoms with Gasteiger partial charge in [-0.1, -0.05) is 20.8 Å². The minimum atomic E-state index is -0.957. The summed E-state index contributed by atoms with van der Waals surface area (Å²) in [6.45, 7) is 7.50. The minimum Gasteiger partial charge on any atom is -0.480 e. The van der Waals surface area contributed by atoms with E-state index in [0.717, 1.165) is 13.0 Å². The zero-order valence-corrected chi connectivity index (χ0v) is 8.63. The molecule has 4 N–H and O–H groups in total. The average molecular weight is 188 g/mol. The third-order valence-electron chi connectivity index (χ3n) is 2.24. The highest BCUT2D eigenvalue weighted by atomic mass is 16.4. The maximum Gasteiger partial charge on any atom is 0.321 e. The van der Waals surface area contributed by atoms with Crippen molar-refractivity contribution in [2.45, 2.75) is 33.2 Å². The summed E-state index contributed by atoms with van der Waals surface area (Å²) in [6.07, 6.45) is 1.06. The monoisotopic (exact) mass is 188 g/mol. The molecule has 1 atom stereocenters. The molecule has 0 saturated carbocycles. The van der Waals surface area contributed by atoms with E-state index in [4.69, 9.17) is 10.8 Å². The molecule has 0 heterocycles. The van der Waals surface area contributed by atoms with Crippen molar-refractivity contribution in [1.29, 1.82) is 0 Å². The van der Waals surface area contributed by atoms with Crippen molar-refractivity contribution in [1.82, 2.24) is 5.32 Å². The van der Waals surface area contributed by atoms with Crippen LogP contribution in [-0.2, 0) is 4.79 Å². The van der Waals surface area contributed by atoms with Gasteiger partial charge in [0.25, 0.3) is 0 Å². The molecule has 78 valence electrons. The summed E-state index contributed by atoms with van der Waals surface area (Å²) >= 11 is 0. The first-order chi connectivity index (χ1) is 5.89. The van der Waals surface area contributed by atoms with Crippen LogP contribution in [-0.4, -0.2) is 30.2 Å². The topological polar surface area (TPSA) is 75.3 Å². The minimum absolute atomic E-state index is 0.207. The zero-order chi connectivity index (χ0) is 10.5. The summed E-state index contributed by atoms with van der Waals surface area (Å²) in [4.78, 5) is 10.4. The molecule has 0 aliphatic heterocycles. The number of rotatable bonds is 6. The standard InChI is InChI=1S/C9H20N2O2/c1-4-9(2,3)6-11-5-7(10)8(12)13/h7,11H,4-6,10H2,1-3H3,(H,12,13). The Morgan fingerprint density at radius 2 is 2.15 bits per heavy atom. The SMILES string of the molecule is CCC(C)(C)CNCC(N)C(=O)O. The van der Waals surface area contributed by atoms with E-state index in [0.29, 0.717) is 6.54 Å². The Balaban J connectivity index is 3.62. The Morgan fingerprint density at radius 3 is 2.54 bits per heavy atom. The molecule has 0 aromatic rings. The van der Waals surface area contributed by atoms with Gasteiger partial charge in [-0.15, -0.1) is 0 Å². The molecule has 0 saturated heterocycles. The van der Waals surface area contributed by atoms with Gasteiger partial charge in [-0.2, -0.15) is 0 Å². The van der Waals surface area contributed by atoms with Crippen molar-refractivity contribution in [2.24, 2.45) is 11.1 Å². The number of carbonyl (C=O) groups is 1. The molecule has 0 aromatic carbocycles. The second-order valence-corrected chi connectivity index (χ2v) is 4.09. The highest BCUT2D eigenvalue weighted by molar-refractivity contribution is 5.73. The molecular weight excluding hydrogens is 168 g/mol. The van der Waals surface area contributed by atoms with Crippen LogP contribution in [0, 0.1) is 5.41 Å². The summed E-state index contributed by atoms with van der Waals surface area (Å²) in [5.41, 5.74) is 5.53. The van der Waals surface area contributed by atoms with Crippen molar-refractivity contribution in [2.75, 3.05) is 13.1 Å². The van der Waals surface area contributed by atoms with Gasteiger partial charge in [0, 0.05) is 13.1 Å². The Hall–Kier alpha value is -0.610. The Bertz CT molecular complexity index is 169. The van der Waals surface area contributed by atoms with Gasteiger partial charge in [-0.25, -0.2) is 0 Å². The van der Waals surface area contributed by atoms with Crippen LogP contribution < -0.4 is 11.1 Å². The van der Waals surface area contributed by atoms with Gasteiger partial charge in [0.2, 0.25) is 0 Å². The Kier molecular flexibility index (Phi) is 4.95. The van der Waals surface area contributed by atoms with Crippen LogP contribution in [0.2, 0.25) is 0 Å². The Morgan fingerprint density at radius 1 is 1.62 bits per heavy atom. The molecule has 4 heteroatoms. The summed E-state index contributed by atoms with van der Waals surface area (Å²) in [5, 5.41) is 11.6. The number of hydrogen-bond acceptors (Lipinski definition) is 3. The van der Waals surface area contributed by atoms with Gasteiger partial charge < -0.3 is 16.2 Å². The summed E-state index contributed by atoms with van der Waals surface area (Å²) in [6, 6.07) is -0.798. The van der Waals surface area contributed by atoms with Crippen LogP contribution in [0.15, 0.2) is 0 Å². The third-order valence-corrected chi connectivity index (χ3v) is 2.24. The fourth-order valence-electron chi connectivity index (χ4n) is 0.778. The molecule has 1 unspecified atom stereocenters. The average Bonchev–Trinajstić information content (AvgIpc) is 2.04. The first kappa shape index (κ1) is 12.4. The highest BCUT2D eigenvalue weighted by Crippen LogP contribution is 2.17. The molecule has 0 bridgehead atoms. The van der Waals surface area contributed by atoms with Gasteiger partial charge in [0.1, 0.15) is 6.04 Å². The van der Waals surface area contributed by atoms with Crippen LogP contribution in [0.5, 0.6) is 0 Å². The quantitative estimate of drug-likeness (QED) is 0.565. The molecule has 4 nitrogen and oxygen atoms in total. The molecule has 0 aliphatic carbocycles. The smallest absolute Gasteiger partial charge is 0.321 e. The number of hydrogen-bond donors (Lipinski definition) is 3. The van der Waals surface area contributed by atoms with Crippen molar-refractivity contribution in [3.63, 3.8) is 0 Å². The normalized spacial score (nSPS) is 14.2. The molecule has 0 aliphatic rings. The first-order valence-electron chi connectivity index (χ1n) is 4.58. The van der Waals surface area contributed by atoms with E-state index in [-0.39, 0.29) is 5.41 Å². The number of nitrogens with one attached hydrogen (secondary N) is 1. The van der Waals surface area contributed by atoms with Crippen molar-refractivity contribution < 1.29 is 9.90 Å². The molecule has 0 amide bonds. The van der Waals surface area contributed by atoms with E-state index in [9.17, 15) is 4.79 Å². The number of aliphatic carboxylic acids is 1. The first-order valence-corrected chi connectivity index (χ1v) is 4.58. The van der Waals surface area contributed by atoms with E-state index in [1.165, 1.54) is 0 Å². The zero-order valence-electron chi connectivity index (χ0n) is 8.63. The molecule has 0 aromatic heterocycles. The maximum atomic E-state index is 10.4. The fraction of sp³-hybridized carbons (Fsp3) is 0.889. The Labute approximate surface area is 79.5 Å². The van der Waals surface area contributed by atoms with Gasteiger partial charge in [0.15, 0.2) is 0 Å². The predicted molar refractivity (Wildman–Crippen MR) is 52.6 cm³/mol. The second-order valence-electron chi connectivity index (χ2n) is 4.09. The van der Waals surface area contributed by atoms with Crippen LogP contribution >= 0.6 is 0 Å². The predicted octanol–water partition coefficient (Wildman–Crippen LogP) is 0.424. The molecule has 0 fully saturated rings. The lowest BCUT2D eigenvalue weighted by Gasteiger charge is -2.23. The van der Waals surface area contributed by atoms with Gasteiger partial charge >= 0.3 is 5.97 Å². The van der Waals surface area contributed by atoms with Crippen molar-refractivity contribution in [3.05, 3.63) is 0 Å². The van der Waals surface area contributed by atoms with E-state index in [1.54, 1.807) is 0 Å². The fourth-order valence-corrected chi connectivity index (χ4v) is 0.778. The third kappa shape index (κ3) is 5.60. The van der Waals surface area contributed by atoms with Gasteiger partial charge in [-0.3, -0.25) is 4.79 Å². The van der Waals surface area contributed by atoms with E-state index in [2.05, 4.69) is 26.1 Å². The number of nitrogens with two attached hydrogens (primary N) is 1. The summed E-state index contributed by atoms with van der Waals surface area (Å²) < 4.78 is 0. The van der Waals surface area contributed by atoms with Crippen LogP contribution in [0.1, 0.15) is 27.2 Å². The largest absolute Gasteiger partial charge is 0.480 e. The van der Waals surface area contributed by atoms with E-state index < -0.39 is 12.0 Å². The van der Waals surface area contributed by atoms with Crippen LogP contribution in [0.3, 0.4) is 0 Å². The number of carboxylic acid groups (broad SMARTS) is 1. The van der Waals surface area contributed by atoms with Gasteiger partial charge in [-0.05, 0) is 11.8 Å². The summed E-state index contributed by atoms with van der Waals surface area (Å²) in [5.74, 6) is -0.957. The van der Waals surface area contributed by atoms with Crippen molar-refractivity contribution in [3.8, 4) is 0 Å². The van der Waals surface area contributed by atoms with E-state index >= 15 is 0 Å². The number of carboxylic acids is 1. The maximum absolute atomic E-state index is 10.4. The molecular formula is C9H20N2O2.